The standard InChI is InChI=1S/C21H18F2N4O3/c1-30-11-16-19(12-5-3-2-4-6-12)20-25-18(28)10-17(27(20)26-16)21(29)24-15-8-7-13(22)9-14(15)23/h2-9,17H,10-11H2,1H3,(H,24,29)(H,25,28)/t17-/m1/s1. The smallest absolute Gasteiger partial charge is 0.249 e. The highest BCUT2D eigenvalue weighted by Crippen LogP contribution is 2.37. The minimum absolute atomic E-state index is 0.168. The fourth-order valence-electron chi connectivity index (χ4n) is 3.43. The summed E-state index contributed by atoms with van der Waals surface area (Å²) in [7, 11) is 1.52. The van der Waals surface area contributed by atoms with Crippen LogP contribution in [0.1, 0.15) is 18.2 Å². The summed E-state index contributed by atoms with van der Waals surface area (Å²) in [5, 5.41) is 9.69. The first kappa shape index (κ1) is 19.7. The SMILES string of the molecule is COCc1nn2c(c1-c1ccccc1)NC(=O)C[C@@H]2C(=O)Nc1ccc(F)cc1F. The Morgan fingerprint density at radius 1 is 1.27 bits per heavy atom. The summed E-state index contributed by atoms with van der Waals surface area (Å²) in [4.78, 5) is 25.3. The minimum atomic E-state index is -1.01. The predicted octanol–water partition coefficient (Wildman–Crippen LogP) is 3.50. The average Bonchev–Trinajstić information content (AvgIpc) is 3.08. The Kier molecular flexibility index (Phi) is 5.28. The van der Waals surface area contributed by atoms with Gasteiger partial charge in [-0.2, -0.15) is 5.10 Å². The third-order valence-electron chi connectivity index (χ3n) is 4.75. The molecule has 1 atom stereocenters. The topological polar surface area (TPSA) is 85.2 Å². The molecule has 1 aliphatic heterocycles. The molecular formula is C21H18F2N4O3. The number of carbonyl (C=O) groups excluding carboxylic acids is 2. The monoisotopic (exact) mass is 412 g/mol. The van der Waals surface area contributed by atoms with E-state index < -0.39 is 23.6 Å². The molecule has 2 aromatic carbocycles. The first-order valence-electron chi connectivity index (χ1n) is 9.19. The van der Waals surface area contributed by atoms with Crippen LogP contribution in [0.15, 0.2) is 48.5 Å². The van der Waals surface area contributed by atoms with E-state index in [-0.39, 0.29) is 24.6 Å². The highest BCUT2D eigenvalue weighted by molar-refractivity contribution is 6.03. The zero-order valence-electron chi connectivity index (χ0n) is 16.0. The third-order valence-corrected chi connectivity index (χ3v) is 4.75. The second kappa shape index (κ2) is 8.03. The maximum atomic E-state index is 14.0. The van der Waals surface area contributed by atoms with Crippen LogP contribution in [0.5, 0.6) is 0 Å². The van der Waals surface area contributed by atoms with E-state index in [1.165, 1.54) is 11.8 Å². The maximum Gasteiger partial charge on any atom is 0.249 e. The lowest BCUT2D eigenvalue weighted by molar-refractivity contribution is -0.125. The van der Waals surface area contributed by atoms with Gasteiger partial charge in [0.15, 0.2) is 0 Å². The molecular weight excluding hydrogens is 394 g/mol. The van der Waals surface area contributed by atoms with E-state index in [0.29, 0.717) is 23.1 Å². The molecule has 1 aliphatic rings. The van der Waals surface area contributed by atoms with Crippen molar-refractivity contribution >= 4 is 23.3 Å². The van der Waals surface area contributed by atoms with E-state index in [1.807, 2.05) is 30.3 Å². The van der Waals surface area contributed by atoms with Gasteiger partial charge in [-0.05, 0) is 17.7 Å². The molecule has 0 radical (unpaired) electrons. The van der Waals surface area contributed by atoms with Crippen LogP contribution in [-0.4, -0.2) is 28.7 Å². The van der Waals surface area contributed by atoms with Crippen LogP contribution in [0.4, 0.5) is 20.3 Å². The predicted molar refractivity (Wildman–Crippen MR) is 106 cm³/mol. The number of anilines is 2. The second-order valence-corrected chi connectivity index (χ2v) is 6.80. The molecule has 0 fully saturated rings. The quantitative estimate of drug-likeness (QED) is 0.672. The molecule has 3 aromatic rings. The molecule has 7 nitrogen and oxygen atoms in total. The molecule has 154 valence electrons. The van der Waals surface area contributed by atoms with Crippen LogP contribution >= 0.6 is 0 Å². The Bertz CT molecular complexity index is 1110. The van der Waals surface area contributed by atoms with Gasteiger partial charge in [-0.25, -0.2) is 13.5 Å². The second-order valence-electron chi connectivity index (χ2n) is 6.80. The first-order valence-corrected chi connectivity index (χ1v) is 9.19. The average molecular weight is 412 g/mol. The Balaban J connectivity index is 1.74. The van der Waals surface area contributed by atoms with Crippen molar-refractivity contribution in [1.29, 1.82) is 0 Å². The number of halogens is 2. The number of benzene rings is 2. The normalized spacial score (nSPS) is 15.4. The lowest BCUT2D eigenvalue weighted by Gasteiger charge is -2.24. The number of fused-ring (bicyclic) bond motifs is 1. The number of hydrogen-bond donors (Lipinski definition) is 2. The summed E-state index contributed by atoms with van der Waals surface area (Å²) in [6, 6.07) is 11.1. The van der Waals surface area contributed by atoms with Crippen LogP contribution in [0.2, 0.25) is 0 Å². The van der Waals surface area contributed by atoms with Crippen LogP contribution < -0.4 is 10.6 Å². The van der Waals surface area contributed by atoms with Gasteiger partial charge in [0.05, 0.1) is 24.4 Å². The Hall–Kier alpha value is -3.59. The van der Waals surface area contributed by atoms with Crippen molar-refractivity contribution in [2.45, 2.75) is 19.1 Å². The largest absolute Gasteiger partial charge is 0.378 e. The number of ether oxygens (including phenoxy) is 1. The molecule has 4 rings (SSSR count). The number of rotatable bonds is 5. The van der Waals surface area contributed by atoms with Crippen LogP contribution in [0.25, 0.3) is 11.1 Å². The molecule has 2 amide bonds. The number of nitrogens with zero attached hydrogens (tertiary/aromatic N) is 2. The van der Waals surface area contributed by atoms with E-state index >= 15 is 0 Å². The zero-order valence-corrected chi connectivity index (χ0v) is 16.0. The third kappa shape index (κ3) is 3.67. The number of carbonyl (C=O) groups is 2. The number of aromatic nitrogens is 2. The molecule has 2 heterocycles. The first-order chi connectivity index (χ1) is 14.5. The Morgan fingerprint density at radius 2 is 2.03 bits per heavy atom. The fraction of sp³-hybridized carbons (Fsp3) is 0.190. The van der Waals surface area contributed by atoms with Crippen molar-refractivity contribution in [3.05, 3.63) is 65.9 Å². The van der Waals surface area contributed by atoms with Gasteiger partial charge in [-0.3, -0.25) is 9.59 Å². The summed E-state index contributed by atoms with van der Waals surface area (Å²) in [5.74, 6) is -2.31. The summed E-state index contributed by atoms with van der Waals surface area (Å²) in [6.07, 6.45) is -0.177. The van der Waals surface area contributed by atoms with Crippen LogP contribution in [0, 0.1) is 11.6 Å². The van der Waals surface area contributed by atoms with Crippen molar-refractivity contribution in [2.75, 3.05) is 17.7 Å². The van der Waals surface area contributed by atoms with Gasteiger partial charge in [0, 0.05) is 18.7 Å². The van der Waals surface area contributed by atoms with E-state index in [2.05, 4.69) is 15.7 Å². The van der Waals surface area contributed by atoms with Crippen LogP contribution in [-0.2, 0) is 20.9 Å². The van der Waals surface area contributed by atoms with Gasteiger partial charge < -0.3 is 15.4 Å². The van der Waals surface area contributed by atoms with E-state index in [4.69, 9.17) is 4.74 Å². The van der Waals surface area contributed by atoms with Crippen LogP contribution in [0.3, 0.4) is 0 Å². The minimum Gasteiger partial charge on any atom is -0.378 e. The molecule has 0 saturated heterocycles. The van der Waals surface area contributed by atoms with Gasteiger partial charge in [-0.1, -0.05) is 30.3 Å². The molecule has 0 unspecified atom stereocenters. The molecule has 2 N–H and O–H groups in total. The molecule has 0 bridgehead atoms. The molecule has 0 saturated carbocycles. The lowest BCUT2D eigenvalue weighted by atomic mass is 10.0. The summed E-state index contributed by atoms with van der Waals surface area (Å²) < 4.78 is 33.8. The van der Waals surface area contributed by atoms with Crippen molar-refractivity contribution in [2.24, 2.45) is 0 Å². The zero-order chi connectivity index (χ0) is 21.3. The van der Waals surface area contributed by atoms with E-state index in [9.17, 15) is 18.4 Å². The lowest BCUT2D eigenvalue weighted by Crippen LogP contribution is -2.36. The highest BCUT2D eigenvalue weighted by Gasteiger charge is 2.35. The van der Waals surface area contributed by atoms with Crippen molar-refractivity contribution in [3.8, 4) is 11.1 Å². The van der Waals surface area contributed by atoms with Crippen molar-refractivity contribution < 1.29 is 23.1 Å². The molecule has 30 heavy (non-hydrogen) atoms. The van der Waals surface area contributed by atoms with Gasteiger partial charge in [0.25, 0.3) is 0 Å². The maximum absolute atomic E-state index is 14.0. The highest BCUT2D eigenvalue weighted by atomic mass is 19.1. The Labute approximate surface area is 170 Å². The molecule has 0 aliphatic carbocycles. The number of hydrogen-bond acceptors (Lipinski definition) is 4. The van der Waals surface area contributed by atoms with Gasteiger partial charge >= 0.3 is 0 Å². The summed E-state index contributed by atoms with van der Waals surface area (Å²) in [6.45, 7) is 0.168. The number of methoxy groups -OCH3 is 1. The molecule has 9 heteroatoms. The fourth-order valence-corrected chi connectivity index (χ4v) is 3.43. The van der Waals surface area contributed by atoms with E-state index in [0.717, 1.165) is 17.7 Å². The van der Waals surface area contributed by atoms with E-state index in [1.54, 1.807) is 0 Å². The van der Waals surface area contributed by atoms with Gasteiger partial charge in [0.2, 0.25) is 11.8 Å². The van der Waals surface area contributed by atoms with Crippen molar-refractivity contribution in [3.63, 3.8) is 0 Å². The number of nitrogens with one attached hydrogen (secondary N) is 2. The van der Waals surface area contributed by atoms with Gasteiger partial charge in [-0.15, -0.1) is 0 Å². The van der Waals surface area contributed by atoms with Crippen molar-refractivity contribution in [1.82, 2.24) is 9.78 Å². The number of amides is 2. The summed E-state index contributed by atoms with van der Waals surface area (Å²) >= 11 is 0. The van der Waals surface area contributed by atoms with Gasteiger partial charge in [0.1, 0.15) is 23.5 Å². The molecule has 0 spiro atoms. The molecule has 1 aromatic heterocycles. The summed E-state index contributed by atoms with van der Waals surface area (Å²) in [5.41, 5.74) is 1.82. The Morgan fingerprint density at radius 3 is 2.73 bits per heavy atom.